The Kier molecular flexibility index (Phi) is 4.56. The third-order valence-corrected chi connectivity index (χ3v) is 5.59. The van der Waals surface area contributed by atoms with Gasteiger partial charge in [-0.3, -0.25) is 4.79 Å². The van der Waals surface area contributed by atoms with Crippen LogP contribution in [0.1, 0.15) is 12.8 Å². The highest BCUT2D eigenvalue weighted by molar-refractivity contribution is 5.92. The van der Waals surface area contributed by atoms with Crippen molar-refractivity contribution in [2.75, 3.05) is 18.0 Å². The normalized spacial score (nSPS) is 15.1. The number of nitrogens with zero attached hydrogens (tertiary/aromatic N) is 6. The summed E-state index contributed by atoms with van der Waals surface area (Å²) in [5.74, 6) is 2.13. The molecule has 29 heavy (non-hydrogen) atoms. The minimum absolute atomic E-state index is 0.0703. The van der Waals surface area contributed by atoms with Gasteiger partial charge in [-0.2, -0.15) is 5.10 Å². The van der Waals surface area contributed by atoms with Gasteiger partial charge >= 0.3 is 0 Å². The van der Waals surface area contributed by atoms with E-state index < -0.39 is 0 Å². The fourth-order valence-electron chi connectivity index (χ4n) is 4.02. The molecule has 4 heterocycles. The number of hydrogen-bond acceptors (Lipinski definition) is 5. The first-order valence-electron chi connectivity index (χ1n) is 9.95. The number of anilines is 1. The smallest absolute Gasteiger partial charge is 0.266 e. The molecule has 0 spiro atoms. The van der Waals surface area contributed by atoms with E-state index in [1.807, 2.05) is 18.5 Å². The molecule has 4 aromatic rings. The zero-order chi connectivity index (χ0) is 19.6. The molecule has 1 aromatic carbocycles. The average Bonchev–Trinajstić information content (AvgIpc) is 3.30. The molecule has 0 saturated carbocycles. The number of piperidine rings is 1. The van der Waals surface area contributed by atoms with Gasteiger partial charge in [-0.25, -0.2) is 14.3 Å². The Morgan fingerprint density at radius 3 is 2.66 bits per heavy atom. The van der Waals surface area contributed by atoms with Crippen LogP contribution >= 0.6 is 0 Å². The van der Waals surface area contributed by atoms with Crippen molar-refractivity contribution in [3.8, 4) is 5.82 Å². The molecule has 0 aliphatic carbocycles. The maximum absolute atomic E-state index is 12.3. The van der Waals surface area contributed by atoms with Crippen LogP contribution in [0.15, 0.2) is 71.9 Å². The van der Waals surface area contributed by atoms with Gasteiger partial charge < -0.3 is 4.90 Å². The van der Waals surface area contributed by atoms with Crippen molar-refractivity contribution in [2.24, 2.45) is 5.92 Å². The van der Waals surface area contributed by atoms with Crippen molar-refractivity contribution < 1.29 is 0 Å². The van der Waals surface area contributed by atoms with Crippen LogP contribution in [-0.2, 0) is 6.54 Å². The molecule has 0 unspecified atom stereocenters. The quantitative estimate of drug-likeness (QED) is 0.539. The Labute approximate surface area is 168 Å². The summed E-state index contributed by atoms with van der Waals surface area (Å²) in [4.78, 5) is 19.3. The maximum Gasteiger partial charge on any atom is 0.266 e. The first kappa shape index (κ1) is 17.6. The molecule has 0 radical (unpaired) electrons. The highest BCUT2D eigenvalue weighted by atomic mass is 16.1. The van der Waals surface area contributed by atoms with E-state index in [9.17, 15) is 4.79 Å². The van der Waals surface area contributed by atoms with E-state index in [4.69, 9.17) is 0 Å². The number of benzene rings is 1. The van der Waals surface area contributed by atoms with Crippen molar-refractivity contribution in [3.63, 3.8) is 0 Å². The molecule has 0 atom stereocenters. The predicted molar refractivity (Wildman–Crippen MR) is 112 cm³/mol. The van der Waals surface area contributed by atoms with Crippen LogP contribution in [0, 0.1) is 5.92 Å². The van der Waals surface area contributed by atoms with Gasteiger partial charge in [-0.1, -0.05) is 24.3 Å². The lowest BCUT2D eigenvalue weighted by Crippen LogP contribution is -2.37. The highest BCUT2D eigenvalue weighted by Crippen LogP contribution is 2.28. The van der Waals surface area contributed by atoms with Crippen LogP contribution in [0.3, 0.4) is 0 Å². The maximum atomic E-state index is 12.3. The molecule has 146 valence electrons. The number of aromatic nitrogens is 5. The standard InChI is InChI=1S/C22H22N6O/c29-21-7-6-20(27-13-3-11-24-27)25-28(21)16-17-9-14-26(15-10-17)22-19-5-2-1-4-18(19)8-12-23-22/h1-8,11-13,17H,9-10,14-16H2. The Balaban J connectivity index is 1.30. The largest absolute Gasteiger partial charge is 0.356 e. The second-order valence-electron chi connectivity index (χ2n) is 7.45. The summed E-state index contributed by atoms with van der Waals surface area (Å²) < 4.78 is 3.25. The molecule has 1 aliphatic heterocycles. The zero-order valence-corrected chi connectivity index (χ0v) is 16.1. The van der Waals surface area contributed by atoms with Crippen LogP contribution in [-0.4, -0.2) is 37.6 Å². The number of pyridine rings is 1. The van der Waals surface area contributed by atoms with E-state index in [0.717, 1.165) is 31.7 Å². The third-order valence-electron chi connectivity index (χ3n) is 5.59. The fraction of sp³-hybridized carbons (Fsp3) is 0.273. The lowest BCUT2D eigenvalue weighted by atomic mass is 9.96. The Bertz CT molecular complexity index is 1170. The van der Waals surface area contributed by atoms with E-state index in [2.05, 4.69) is 50.4 Å². The topological polar surface area (TPSA) is 68.8 Å². The molecule has 5 rings (SSSR count). The molecule has 3 aromatic heterocycles. The summed E-state index contributed by atoms with van der Waals surface area (Å²) in [6.07, 6.45) is 7.42. The van der Waals surface area contributed by atoms with E-state index in [0.29, 0.717) is 18.3 Å². The molecule has 7 heteroatoms. The Morgan fingerprint density at radius 1 is 0.966 bits per heavy atom. The summed E-state index contributed by atoms with van der Waals surface area (Å²) in [5.41, 5.74) is -0.0703. The minimum atomic E-state index is -0.0703. The second kappa shape index (κ2) is 7.50. The van der Waals surface area contributed by atoms with Gasteiger partial charge in [0.1, 0.15) is 5.82 Å². The van der Waals surface area contributed by atoms with Crippen molar-refractivity contribution in [1.82, 2.24) is 24.5 Å². The summed E-state index contributed by atoms with van der Waals surface area (Å²) in [5, 5.41) is 11.1. The van der Waals surface area contributed by atoms with Crippen LogP contribution in [0.4, 0.5) is 5.82 Å². The summed E-state index contributed by atoms with van der Waals surface area (Å²) in [7, 11) is 0. The third kappa shape index (κ3) is 3.51. The summed E-state index contributed by atoms with van der Waals surface area (Å²) in [6, 6.07) is 15.5. The van der Waals surface area contributed by atoms with Gasteiger partial charge in [0, 0.05) is 49.7 Å². The minimum Gasteiger partial charge on any atom is -0.356 e. The summed E-state index contributed by atoms with van der Waals surface area (Å²) in [6.45, 7) is 2.49. The van der Waals surface area contributed by atoms with Gasteiger partial charge in [0.25, 0.3) is 5.56 Å². The zero-order valence-electron chi connectivity index (χ0n) is 16.1. The molecular weight excluding hydrogens is 364 g/mol. The fourth-order valence-corrected chi connectivity index (χ4v) is 4.02. The van der Waals surface area contributed by atoms with Crippen molar-refractivity contribution in [3.05, 3.63) is 77.5 Å². The number of rotatable bonds is 4. The monoisotopic (exact) mass is 386 g/mol. The van der Waals surface area contributed by atoms with Gasteiger partial charge in [0.2, 0.25) is 0 Å². The first-order valence-corrected chi connectivity index (χ1v) is 9.95. The van der Waals surface area contributed by atoms with Gasteiger partial charge in [-0.05, 0) is 42.3 Å². The number of fused-ring (bicyclic) bond motifs is 1. The van der Waals surface area contributed by atoms with E-state index in [1.165, 1.54) is 10.8 Å². The van der Waals surface area contributed by atoms with Gasteiger partial charge in [-0.15, -0.1) is 5.10 Å². The van der Waals surface area contributed by atoms with Crippen molar-refractivity contribution >= 4 is 16.6 Å². The number of hydrogen-bond donors (Lipinski definition) is 0. The lowest BCUT2D eigenvalue weighted by molar-refractivity contribution is 0.334. The average molecular weight is 386 g/mol. The van der Waals surface area contributed by atoms with Crippen LogP contribution < -0.4 is 10.5 Å². The van der Waals surface area contributed by atoms with E-state index in [-0.39, 0.29) is 5.56 Å². The predicted octanol–water partition coefficient (Wildman–Crippen LogP) is 2.89. The molecule has 0 bridgehead atoms. The molecule has 7 nitrogen and oxygen atoms in total. The van der Waals surface area contributed by atoms with Crippen molar-refractivity contribution in [2.45, 2.75) is 19.4 Å². The second-order valence-corrected chi connectivity index (χ2v) is 7.45. The molecule has 1 fully saturated rings. The molecule has 0 amide bonds. The van der Waals surface area contributed by atoms with Gasteiger partial charge in [0.05, 0.1) is 0 Å². The van der Waals surface area contributed by atoms with Crippen LogP contribution in [0.25, 0.3) is 16.6 Å². The molecular formula is C22H22N6O. The van der Waals surface area contributed by atoms with E-state index >= 15 is 0 Å². The lowest BCUT2D eigenvalue weighted by Gasteiger charge is -2.33. The van der Waals surface area contributed by atoms with E-state index in [1.54, 1.807) is 27.7 Å². The van der Waals surface area contributed by atoms with Gasteiger partial charge in [0.15, 0.2) is 5.82 Å². The van der Waals surface area contributed by atoms with Crippen LogP contribution in [0.5, 0.6) is 0 Å². The summed E-state index contributed by atoms with van der Waals surface area (Å²) >= 11 is 0. The first-order chi connectivity index (χ1) is 14.3. The van der Waals surface area contributed by atoms with Crippen molar-refractivity contribution in [1.29, 1.82) is 0 Å². The Morgan fingerprint density at radius 2 is 1.83 bits per heavy atom. The molecule has 0 N–H and O–H groups in total. The van der Waals surface area contributed by atoms with Crippen LogP contribution in [0.2, 0.25) is 0 Å². The molecule has 1 saturated heterocycles. The SMILES string of the molecule is O=c1ccc(-n2cccn2)nn1CC1CCN(c2nccc3ccccc23)CC1. The highest BCUT2D eigenvalue weighted by Gasteiger charge is 2.22. The molecule has 1 aliphatic rings. The Hall–Kier alpha value is -3.48.